The number of hydrogen-bond acceptors (Lipinski definition) is 3. The molecule has 1 saturated heterocycles. The van der Waals surface area contributed by atoms with E-state index in [4.69, 9.17) is 4.74 Å². The first-order chi connectivity index (χ1) is 8.11. The van der Waals surface area contributed by atoms with Crippen LogP contribution in [0.3, 0.4) is 0 Å². The largest absolute Gasteiger partial charge is 0.372 e. The minimum Gasteiger partial charge on any atom is -0.372 e. The zero-order valence-corrected chi connectivity index (χ0v) is 12.0. The van der Waals surface area contributed by atoms with Crippen molar-refractivity contribution in [3.05, 3.63) is 0 Å². The van der Waals surface area contributed by atoms with Crippen LogP contribution >= 0.6 is 0 Å². The van der Waals surface area contributed by atoms with Crippen molar-refractivity contribution in [2.24, 2.45) is 5.92 Å². The maximum absolute atomic E-state index is 6.06. The topological polar surface area (TPSA) is 24.5 Å². The molecule has 0 saturated carbocycles. The number of rotatable bonds is 8. The summed E-state index contributed by atoms with van der Waals surface area (Å²) in [5.41, 5.74) is 0. The third-order valence-corrected chi connectivity index (χ3v) is 3.24. The fourth-order valence-electron chi connectivity index (χ4n) is 2.42. The summed E-state index contributed by atoms with van der Waals surface area (Å²) in [6.07, 6.45) is 4.56. The first kappa shape index (κ1) is 14.9. The van der Waals surface area contributed by atoms with Crippen molar-refractivity contribution in [1.29, 1.82) is 0 Å². The molecule has 2 atom stereocenters. The molecule has 1 rings (SSSR count). The molecule has 1 fully saturated rings. The second-order valence-electron chi connectivity index (χ2n) is 5.77. The molecular weight excluding hydrogens is 212 g/mol. The van der Waals surface area contributed by atoms with E-state index in [0.717, 1.165) is 25.6 Å². The van der Waals surface area contributed by atoms with Crippen LogP contribution in [0.4, 0.5) is 0 Å². The fourth-order valence-corrected chi connectivity index (χ4v) is 2.42. The van der Waals surface area contributed by atoms with E-state index in [1.165, 1.54) is 25.8 Å². The highest BCUT2D eigenvalue weighted by atomic mass is 16.5. The molecule has 0 bridgehead atoms. The van der Waals surface area contributed by atoms with E-state index in [-0.39, 0.29) is 0 Å². The molecule has 0 aliphatic carbocycles. The predicted octanol–water partition coefficient (Wildman–Crippen LogP) is 2.12. The molecule has 0 amide bonds. The van der Waals surface area contributed by atoms with Crippen LogP contribution in [0.2, 0.25) is 0 Å². The summed E-state index contributed by atoms with van der Waals surface area (Å²) < 4.78 is 6.06. The van der Waals surface area contributed by atoms with Gasteiger partial charge in [-0.1, -0.05) is 20.8 Å². The number of ether oxygens (including phenoxy) is 1. The van der Waals surface area contributed by atoms with Crippen LogP contribution in [0, 0.1) is 5.92 Å². The molecule has 17 heavy (non-hydrogen) atoms. The molecule has 1 heterocycles. The molecule has 0 aromatic rings. The lowest BCUT2D eigenvalue weighted by Gasteiger charge is -2.21. The average Bonchev–Trinajstić information content (AvgIpc) is 2.65. The summed E-state index contributed by atoms with van der Waals surface area (Å²) in [6.45, 7) is 11.1. The molecule has 0 radical (unpaired) electrons. The quantitative estimate of drug-likeness (QED) is 0.705. The molecule has 1 aliphatic heterocycles. The van der Waals surface area contributed by atoms with Gasteiger partial charge >= 0.3 is 0 Å². The fraction of sp³-hybridized carbons (Fsp3) is 1.00. The molecule has 0 spiro atoms. The number of nitrogens with one attached hydrogen (secondary N) is 1. The summed E-state index contributed by atoms with van der Waals surface area (Å²) in [5, 5.41) is 3.49. The average molecular weight is 242 g/mol. The Balaban J connectivity index is 2.10. The summed E-state index contributed by atoms with van der Waals surface area (Å²) in [7, 11) is 2.19. The lowest BCUT2D eigenvalue weighted by atomic mass is 10.1. The Bertz CT molecular complexity index is 197. The van der Waals surface area contributed by atoms with Gasteiger partial charge in [0, 0.05) is 13.1 Å². The lowest BCUT2D eigenvalue weighted by Crippen LogP contribution is -2.33. The molecule has 0 aromatic carbocycles. The normalized spacial score (nSPS) is 25.1. The molecule has 0 aromatic heterocycles. The van der Waals surface area contributed by atoms with E-state index in [2.05, 4.69) is 38.0 Å². The van der Waals surface area contributed by atoms with Gasteiger partial charge in [0.25, 0.3) is 0 Å². The van der Waals surface area contributed by atoms with E-state index in [9.17, 15) is 0 Å². The number of nitrogens with zero attached hydrogens (tertiary/aromatic N) is 1. The maximum atomic E-state index is 6.06. The van der Waals surface area contributed by atoms with Crippen molar-refractivity contribution in [1.82, 2.24) is 10.2 Å². The summed E-state index contributed by atoms with van der Waals surface area (Å²) in [6, 6.07) is 0. The van der Waals surface area contributed by atoms with Crippen molar-refractivity contribution in [2.75, 3.05) is 33.2 Å². The van der Waals surface area contributed by atoms with Crippen LogP contribution < -0.4 is 5.32 Å². The van der Waals surface area contributed by atoms with Gasteiger partial charge in [-0.25, -0.2) is 0 Å². The summed E-state index contributed by atoms with van der Waals surface area (Å²) in [4.78, 5) is 2.38. The number of likely N-dealkylation sites (N-methyl/N-ethyl adjacent to an activating group) is 1. The summed E-state index contributed by atoms with van der Waals surface area (Å²) in [5.74, 6) is 0.725. The second-order valence-corrected chi connectivity index (χ2v) is 5.77. The van der Waals surface area contributed by atoms with E-state index in [1.54, 1.807) is 0 Å². The standard InChI is InChI=1S/C14H30N2O/c1-5-8-16(4)11-14-7-6-13(17-14)10-15-9-12(2)3/h12-15H,5-11H2,1-4H3. The van der Waals surface area contributed by atoms with Gasteiger partial charge in [0.05, 0.1) is 12.2 Å². The van der Waals surface area contributed by atoms with Crippen LogP contribution in [0.15, 0.2) is 0 Å². The second kappa shape index (κ2) is 8.06. The highest BCUT2D eigenvalue weighted by Gasteiger charge is 2.25. The monoisotopic (exact) mass is 242 g/mol. The van der Waals surface area contributed by atoms with Gasteiger partial charge in [0.1, 0.15) is 0 Å². The Morgan fingerprint density at radius 2 is 2.00 bits per heavy atom. The first-order valence-corrected chi connectivity index (χ1v) is 7.16. The Hall–Kier alpha value is -0.120. The van der Waals surface area contributed by atoms with Crippen LogP contribution in [-0.4, -0.2) is 50.3 Å². The van der Waals surface area contributed by atoms with E-state index >= 15 is 0 Å². The van der Waals surface area contributed by atoms with Crippen molar-refractivity contribution >= 4 is 0 Å². The molecule has 1 N–H and O–H groups in total. The van der Waals surface area contributed by atoms with E-state index in [0.29, 0.717) is 12.2 Å². The van der Waals surface area contributed by atoms with Crippen LogP contribution in [0.1, 0.15) is 40.0 Å². The molecular formula is C14H30N2O. The smallest absolute Gasteiger partial charge is 0.0707 e. The first-order valence-electron chi connectivity index (χ1n) is 7.16. The Morgan fingerprint density at radius 3 is 2.65 bits per heavy atom. The molecule has 3 nitrogen and oxygen atoms in total. The minimum absolute atomic E-state index is 0.439. The van der Waals surface area contributed by atoms with Crippen LogP contribution in [0.5, 0.6) is 0 Å². The van der Waals surface area contributed by atoms with Gasteiger partial charge in [-0.2, -0.15) is 0 Å². The zero-order valence-electron chi connectivity index (χ0n) is 12.0. The van der Waals surface area contributed by atoms with Gasteiger partial charge in [0.2, 0.25) is 0 Å². The van der Waals surface area contributed by atoms with Gasteiger partial charge in [-0.3, -0.25) is 0 Å². The molecule has 1 aliphatic rings. The van der Waals surface area contributed by atoms with Gasteiger partial charge in [-0.05, 0) is 45.3 Å². The van der Waals surface area contributed by atoms with Gasteiger partial charge in [0.15, 0.2) is 0 Å². The van der Waals surface area contributed by atoms with Crippen molar-refractivity contribution in [3.63, 3.8) is 0 Å². The lowest BCUT2D eigenvalue weighted by molar-refractivity contribution is 0.0277. The Morgan fingerprint density at radius 1 is 1.29 bits per heavy atom. The third-order valence-electron chi connectivity index (χ3n) is 3.24. The SMILES string of the molecule is CCCN(C)CC1CCC(CNCC(C)C)O1. The summed E-state index contributed by atoms with van der Waals surface area (Å²) >= 11 is 0. The highest BCUT2D eigenvalue weighted by molar-refractivity contribution is 4.77. The van der Waals surface area contributed by atoms with Gasteiger partial charge < -0.3 is 15.0 Å². The Labute approximate surface area is 107 Å². The van der Waals surface area contributed by atoms with Crippen molar-refractivity contribution in [3.8, 4) is 0 Å². The van der Waals surface area contributed by atoms with Crippen LogP contribution in [-0.2, 0) is 4.74 Å². The van der Waals surface area contributed by atoms with Crippen molar-refractivity contribution < 1.29 is 4.74 Å². The molecule has 3 heteroatoms. The van der Waals surface area contributed by atoms with Crippen LogP contribution in [0.25, 0.3) is 0 Å². The molecule has 102 valence electrons. The van der Waals surface area contributed by atoms with E-state index in [1.807, 2.05) is 0 Å². The highest BCUT2D eigenvalue weighted by Crippen LogP contribution is 2.19. The molecule has 2 unspecified atom stereocenters. The predicted molar refractivity (Wildman–Crippen MR) is 73.4 cm³/mol. The van der Waals surface area contributed by atoms with E-state index < -0.39 is 0 Å². The van der Waals surface area contributed by atoms with Crippen molar-refractivity contribution in [2.45, 2.75) is 52.2 Å². The maximum Gasteiger partial charge on any atom is 0.0707 e. The third kappa shape index (κ3) is 6.39. The number of hydrogen-bond donors (Lipinski definition) is 1. The Kier molecular flexibility index (Phi) is 7.09. The minimum atomic E-state index is 0.439. The zero-order chi connectivity index (χ0) is 12.7. The van der Waals surface area contributed by atoms with Gasteiger partial charge in [-0.15, -0.1) is 0 Å².